The van der Waals surface area contributed by atoms with Crippen molar-refractivity contribution in [2.24, 2.45) is 0 Å². The van der Waals surface area contributed by atoms with Gasteiger partial charge in [0, 0.05) is 25.7 Å². The number of para-hydroxylation sites is 1. The molecule has 1 aromatic rings. The number of nitrogens with zero attached hydrogens (tertiary/aromatic N) is 2. The smallest absolute Gasteiger partial charge is 0.405 e. The zero-order valence-electron chi connectivity index (χ0n) is 13.8. The highest BCUT2D eigenvalue weighted by atomic mass is 32.2. The highest BCUT2D eigenvalue weighted by Gasteiger charge is 2.38. The van der Waals surface area contributed by atoms with Crippen molar-refractivity contribution in [3.63, 3.8) is 0 Å². The molecule has 140 valence electrons. The standard InChI is InChI=1S/C15H19F3N2O4S/c1-19(14(21)12-7-5-9-20(12)25(2,22)23)10-11-6-3-4-8-13(11)24-15(16,17)18/h3-4,6,8,12H,5,7,9-10H2,1-2H3. The van der Waals surface area contributed by atoms with Crippen LogP contribution in [0.15, 0.2) is 24.3 Å². The number of hydrogen-bond donors (Lipinski definition) is 0. The van der Waals surface area contributed by atoms with Gasteiger partial charge in [-0.25, -0.2) is 8.42 Å². The Kier molecular flexibility index (Phi) is 5.62. The molecule has 0 aliphatic carbocycles. The van der Waals surface area contributed by atoms with Crippen LogP contribution in [-0.2, 0) is 21.4 Å². The first-order valence-electron chi connectivity index (χ1n) is 7.54. The predicted octanol–water partition coefficient (Wildman–Crippen LogP) is 1.97. The van der Waals surface area contributed by atoms with Gasteiger partial charge in [-0.3, -0.25) is 4.79 Å². The Morgan fingerprint density at radius 3 is 2.60 bits per heavy atom. The summed E-state index contributed by atoms with van der Waals surface area (Å²) in [5.41, 5.74) is 0.180. The summed E-state index contributed by atoms with van der Waals surface area (Å²) >= 11 is 0. The lowest BCUT2D eigenvalue weighted by Crippen LogP contribution is -2.45. The van der Waals surface area contributed by atoms with E-state index in [0.717, 1.165) is 10.6 Å². The molecule has 1 saturated heterocycles. The van der Waals surface area contributed by atoms with Crippen LogP contribution in [0.2, 0.25) is 0 Å². The van der Waals surface area contributed by atoms with E-state index in [4.69, 9.17) is 0 Å². The summed E-state index contributed by atoms with van der Waals surface area (Å²) in [5, 5.41) is 0. The van der Waals surface area contributed by atoms with Gasteiger partial charge in [0.2, 0.25) is 15.9 Å². The van der Waals surface area contributed by atoms with Crippen molar-refractivity contribution in [2.45, 2.75) is 31.8 Å². The Morgan fingerprint density at radius 1 is 1.36 bits per heavy atom. The Morgan fingerprint density at radius 2 is 2.00 bits per heavy atom. The topological polar surface area (TPSA) is 66.9 Å². The Bertz CT molecular complexity index is 737. The molecular weight excluding hydrogens is 361 g/mol. The van der Waals surface area contributed by atoms with Crippen LogP contribution in [0.1, 0.15) is 18.4 Å². The Hall–Kier alpha value is -1.81. The maximum atomic E-state index is 12.6. The van der Waals surface area contributed by atoms with Crippen molar-refractivity contribution in [1.82, 2.24) is 9.21 Å². The maximum Gasteiger partial charge on any atom is 0.573 e. The molecule has 0 N–H and O–H groups in total. The molecule has 2 rings (SSSR count). The molecule has 1 heterocycles. The number of amides is 1. The lowest BCUT2D eigenvalue weighted by molar-refractivity contribution is -0.275. The maximum absolute atomic E-state index is 12.6. The highest BCUT2D eigenvalue weighted by molar-refractivity contribution is 7.88. The number of carbonyl (C=O) groups is 1. The predicted molar refractivity (Wildman–Crippen MR) is 84.2 cm³/mol. The lowest BCUT2D eigenvalue weighted by atomic mass is 10.1. The quantitative estimate of drug-likeness (QED) is 0.783. The van der Waals surface area contributed by atoms with Gasteiger partial charge in [-0.2, -0.15) is 4.31 Å². The van der Waals surface area contributed by atoms with Crippen LogP contribution in [0.25, 0.3) is 0 Å². The Labute approximate surface area is 144 Å². The van der Waals surface area contributed by atoms with E-state index in [0.29, 0.717) is 12.8 Å². The SMILES string of the molecule is CN(Cc1ccccc1OC(F)(F)F)C(=O)C1CCCN1S(C)(=O)=O. The average molecular weight is 380 g/mol. The molecular formula is C15H19F3N2O4S. The van der Waals surface area contributed by atoms with Gasteiger partial charge in [0.1, 0.15) is 11.8 Å². The third kappa shape index (κ3) is 5.08. The van der Waals surface area contributed by atoms with Crippen LogP contribution in [0.4, 0.5) is 13.2 Å². The van der Waals surface area contributed by atoms with E-state index < -0.39 is 28.3 Å². The second kappa shape index (κ2) is 7.20. The summed E-state index contributed by atoms with van der Waals surface area (Å²) in [5.74, 6) is -0.842. The molecule has 25 heavy (non-hydrogen) atoms. The van der Waals surface area contributed by atoms with Gasteiger partial charge in [-0.15, -0.1) is 13.2 Å². The third-order valence-corrected chi connectivity index (χ3v) is 5.19. The minimum atomic E-state index is -4.84. The van der Waals surface area contributed by atoms with E-state index in [1.54, 1.807) is 0 Å². The average Bonchev–Trinajstić information content (AvgIpc) is 2.96. The molecule has 0 saturated carbocycles. The number of sulfonamides is 1. The first kappa shape index (κ1) is 19.5. The van der Waals surface area contributed by atoms with E-state index >= 15 is 0 Å². The van der Waals surface area contributed by atoms with Crippen molar-refractivity contribution in [3.05, 3.63) is 29.8 Å². The molecule has 1 unspecified atom stereocenters. The van der Waals surface area contributed by atoms with Crippen molar-refractivity contribution in [1.29, 1.82) is 0 Å². The van der Waals surface area contributed by atoms with Crippen LogP contribution in [0, 0.1) is 0 Å². The normalized spacial score (nSPS) is 19.0. The van der Waals surface area contributed by atoms with Gasteiger partial charge < -0.3 is 9.64 Å². The molecule has 0 bridgehead atoms. The van der Waals surface area contributed by atoms with E-state index in [2.05, 4.69) is 4.74 Å². The number of alkyl halides is 3. The van der Waals surface area contributed by atoms with Crippen molar-refractivity contribution in [2.75, 3.05) is 19.8 Å². The number of halogens is 3. The van der Waals surface area contributed by atoms with Crippen LogP contribution in [0.5, 0.6) is 5.75 Å². The fourth-order valence-corrected chi connectivity index (χ4v) is 3.95. The number of ether oxygens (including phenoxy) is 1. The molecule has 1 aromatic carbocycles. The molecule has 1 atom stereocenters. The number of benzene rings is 1. The summed E-state index contributed by atoms with van der Waals surface area (Å²) in [6, 6.07) is 4.70. The minimum Gasteiger partial charge on any atom is -0.405 e. The third-order valence-electron chi connectivity index (χ3n) is 3.90. The second-order valence-corrected chi connectivity index (χ2v) is 7.82. The van der Waals surface area contributed by atoms with Crippen molar-refractivity contribution in [3.8, 4) is 5.75 Å². The van der Waals surface area contributed by atoms with Crippen LogP contribution < -0.4 is 4.74 Å². The monoisotopic (exact) mass is 380 g/mol. The summed E-state index contributed by atoms with van der Waals surface area (Å²) < 4.78 is 66.0. The summed E-state index contributed by atoms with van der Waals surface area (Å²) in [4.78, 5) is 13.8. The minimum absolute atomic E-state index is 0.126. The van der Waals surface area contributed by atoms with Crippen molar-refractivity contribution < 1.29 is 31.1 Å². The number of hydrogen-bond acceptors (Lipinski definition) is 4. The Balaban J connectivity index is 2.15. The zero-order chi connectivity index (χ0) is 18.8. The molecule has 1 aliphatic heterocycles. The van der Waals surface area contributed by atoms with E-state index in [1.807, 2.05) is 0 Å². The molecule has 10 heteroatoms. The first-order chi connectivity index (χ1) is 11.5. The fraction of sp³-hybridized carbons (Fsp3) is 0.533. The summed E-state index contributed by atoms with van der Waals surface area (Å²) in [7, 11) is -2.10. The lowest BCUT2D eigenvalue weighted by Gasteiger charge is -2.27. The zero-order valence-corrected chi connectivity index (χ0v) is 14.6. The number of carbonyl (C=O) groups excluding carboxylic acids is 1. The molecule has 6 nitrogen and oxygen atoms in total. The van der Waals surface area contributed by atoms with Gasteiger partial charge >= 0.3 is 6.36 Å². The van der Waals surface area contributed by atoms with Gasteiger partial charge in [0.05, 0.1) is 6.26 Å². The van der Waals surface area contributed by atoms with Gasteiger partial charge in [-0.1, -0.05) is 18.2 Å². The van der Waals surface area contributed by atoms with E-state index in [-0.39, 0.29) is 24.4 Å². The van der Waals surface area contributed by atoms with Crippen LogP contribution in [-0.4, -0.2) is 55.8 Å². The molecule has 1 amide bonds. The van der Waals surface area contributed by atoms with Crippen LogP contribution in [0.3, 0.4) is 0 Å². The van der Waals surface area contributed by atoms with Crippen LogP contribution >= 0.6 is 0 Å². The number of rotatable bonds is 5. The first-order valence-corrected chi connectivity index (χ1v) is 9.39. The van der Waals surface area contributed by atoms with E-state index in [9.17, 15) is 26.4 Å². The van der Waals surface area contributed by atoms with Crippen molar-refractivity contribution >= 4 is 15.9 Å². The summed E-state index contributed by atoms with van der Waals surface area (Å²) in [6.45, 7) is 0.135. The molecule has 0 spiro atoms. The van der Waals surface area contributed by atoms with Gasteiger partial charge in [0.15, 0.2) is 0 Å². The largest absolute Gasteiger partial charge is 0.573 e. The molecule has 0 aromatic heterocycles. The molecule has 0 radical (unpaired) electrons. The number of likely N-dealkylation sites (N-methyl/N-ethyl adjacent to an activating group) is 1. The van der Waals surface area contributed by atoms with Gasteiger partial charge in [-0.05, 0) is 18.9 Å². The second-order valence-electron chi connectivity index (χ2n) is 5.88. The highest BCUT2D eigenvalue weighted by Crippen LogP contribution is 2.28. The fourth-order valence-electron chi connectivity index (χ4n) is 2.83. The molecule has 1 fully saturated rings. The summed E-state index contributed by atoms with van der Waals surface area (Å²) in [6.07, 6.45) is -2.86. The van der Waals surface area contributed by atoms with Gasteiger partial charge in [0.25, 0.3) is 0 Å². The van der Waals surface area contributed by atoms with E-state index in [1.165, 1.54) is 36.2 Å². The molecule has 1 aliphatic rings.